The van der Waals surface area contributed by atoms with Gasteiger partial charge in [0.05, 0.1) is 0 Å². The molecular formula is C16H23NO. The first-order valence-corrected chi connectivity index (χ1v) is 7.72. The van der Waals surface area contributed by atoms with Crippen molar-refractivity contribution in [1.82, 2.24) is 4.90 Å². The van der Waals surface area contributed by atoms with E-state index in [1.807, 2.05) is 0 Å². The summed E-state index contributed by atoms with van der Waals surface area (Å²) in [7, 11) is 0. The van der Waals surface area contributed by atoms with Gasteiger partial charge in [0.15, 0.2) is 0 Å². The van der Waals surface area contributed by atoms with Crippen LogP contribution in [0.3, 0.4) is 0 Å². The van der Waals surface area contributed by atoms with E-state index in [4.69, 9.17) is 0 Å². The zero-order valence-electron chi connectivity index (χ0n) is 11.3. The fourth-order valence-corrected chi connectivity index (χ4v) is 5.49. The molecular weight excluding hydrogens is 222 g/mol. The summed E-state index contributed by atoms with van der Waals surface area (Å²) in [6.45, 7) is 4.75. The predicted molar refractivity (Wildman–Crippen MR) is 70.9 cm³/mol. The fourth-order valence-electron chi connectivity index (χ4n) is 5.49. The van der Waals surface area contributed by atoms with Gasteiger partial charge in [-0.15, -0.1) is 0 Å². The van der Waals surface area contributed by atoms with E-state index in [1.54, 1.807) is 5.70 Å². The number of carbonyl (C=O) groups is 1. The molecule has 2 nitrogen and oxygen atoms in total. The number of Topliss-reactive ketones (excluding diaryl/α,β-unsaturated/α-hetero) is 1. The van der Waals surface area contributed by atoms with E-state index in [0.29, 0.717) is 23.5 Å². The van der Waals surface area contributed by atoms with Crippen LogP contribution in [-0.4, -0.2) is 23.8 Å². The molecule has 3 fully saturated rings. The number of hydrogen-bond donors (Lipinski definition) is 0. The minimum Gasteiger partial charge on any atom is -0.375 e. The number of carbonyl (C=O) groups excluding carboxylic acids is 1. The Hall–Kier alpha value is -0.790. The van der Waals surface area contributed by atoms with Crippen LogP contribution < -0.4 is 0 Å². The Morgan fingerprint density at radius 2 is 2.17 bits per heavy atom. The third kappa shape index (κ3) is 1.22. The molecule has 2 heteroatoms. The van der Waals surface area contributed by atoms with E-state index < -0.39 is 0 Å². The molecule has 4 atom stereocenters. The third-order valence-electron chi connectivity index (χ3n) is 6.04. The van der Waals surface area contributed by atoms with Gasteiger partial charge in [0, 0.05) is 36.5 Å². The van der Waals surface area contributed by atoms with E-state index in [1.165, 1.54) is 38.8 Å². The lowest BCUT2D eigenvalue weighted by molar-refractivity contribution is -0.122. The number of rotatable bonds is 0. The summed E-state index contributed by atoms with van der Waals surface area (Å²) in [4.78, 5) is 15.1. The highest BCUT2D eigenvalue weighted by Gasteiger charge is 2.60. The maximum atomic E-state index is 12.5. The van der Waals surface area contributed by atoms with Gasteiger partial charge >= 0.3 is 0 Å². The van der Waals surface area contributed by atoms with Gasteiger partial charge < -0.3 is 4.90 Å². The Morgan fingerprint density at radius 1 is 1.33 bits per heavy atom. The average Bonchev–Trinajstić information content (AvgIpc) is 2.55. The molecule has 4 aliphatic rings. The van der Waals surface area contributed by atoms with Crippen molar-refractivity contribution in [2.75, 3.05) is 13.1 Å². The number of allylic oxidation sites excluding steroid dienone is 2. The summed E-state index contributed by atoms with van der Waals surface area (Å²) in [5.74, 6) is 2.28. The molecule has 0 aromatic carbocycles. The zero-order chi connectivity index (χ0) is 12.3. The van der Waals surface area contributed by atoms with Gasteiger partial charge in [-0.25, -0.2) is 0 Å². The molecule has 2 saturated heterocycles. The maximum Gasteiger partial charge on any atom is 0.137 e. The summed E-state index contributed by atoms with van der Waals surface area (Å²) in [5, 5.41) is 0. The molecule has 2 bridgehead atoms. The molecule has 0 amide bonds. The largest absolute Gasteiger partial charge is 0.375 e. The van der Waals surface area contributed by atoms with Gasteiger partial charge in [0.25, 0.3) is 0 Å². The first kappa shape index (κ1) is 11.1. The number of hydrogen-bond acceptors (Lipinski definition) is 2. The molecule has 0 aromatic heterocycles. The van der Waals surface area contributed by atoms with Crippen LogP contribution in [0.2, 0.25) is 0 Å². The van der Waals surface area contributed by atoms with E-state index in [-0.39, 0.29) is 5.41 Å². The molecule has 1 saturated carbocycles. The van der Waals surface area contributed by atoms with Gasteiger partial charge in [0.2, 0.25) is 0 Å². The zero-order valence-corrected chi connectivity index (χ0v) is 11.3. The molecule has 1 spiro atoms. The smallest absolute Gasteiger partial charge is 0.137 e. The molecule has 0 N–H and O–H groups in total. The van der Waals surface area contributed by atoms with Crippen molar-refractivity contribution in [3.05, 3.63) is 11.8 Å². The monoisotopic (exact) mass is 245 g/mol. The molecule has 98 valence electrons. The molecule has 0 aromatic rings. The van der Waals surface area contributed by atoms with Crippen LogP contribution in [0, 0.1) is 23.2 Å². The second-order valence-corrected chi connectivity index (χ2v) is 6.96. The molecule has 2 heterocycles. The van der Waals surface area contributed by atoms with Crippen molar-refractivity contribution in [3.63, 3.8) is 0 Å². The van der Waals surface area contributed by atoms with E-state index in [9.17, 15) is 4.79 Å². The average molecular weight is 245 g/mol. The van der Waals surface area contributed by atoms with Gasteiger partial charge in [-0.05, 0) is 43.9 Å². The lowest BCUT2D eigenvalue weighted by Crippen LogP contribution is -2.47. The summed E-state index contributed by atoms with van der Waals surface area (Å²) in [6.07, 6.45) is 9.59. The van der Waals surface area contributed by atoms with Crippen LogP contribution in [0.5, 0.6) is 0 Å². The number of piperidine rings is 1. The summed E-state index contributed by atoms with van der Waals surface area (Å²) in [5.41, 5.74) is 1.86. The standard InChI is InChI=1S/C16H23NO/c1-11-8-12-10-14(18)13-4-2-6-17-7-3-5-16(12,13)15(17)9-11/h9,11-13H,2-8,10H2,1H3. The van der Waals surface area contributed by atoms with Gasteiger partial charge in [-0.1, -0.05) is 13.0 Å². The van der Waals surface area contributed by atoms with Crippen LogP contribution >= 0.6 is 0 Å². The quantitative estimate of drug-likeness (QED) is 0.654. The summed E-state index contributed by atoms with van der Waals surface area (Å²) in [6, 6.07) is 0. The Labute approximate surface area is 109 Å². The highest BCUT2D eigenvalue weighted by Crippen LogP contribution is 2.62. The summed E-state index contributed by atoms with van der Waals surface area (Å²) >= 11 is 0. The van der Waals surface area contributed by atoms with Crippen molar-refractivity contribution in [1.29, 1.82) is 0 Å². The topological polar surface area (TPSA) is 20.3 Å². The Bertz CT molecular complexity index is 427. The number of ketones is 1. The Morgan fingerprint density at radius 3 is 3.06 bits per heavy atom. The van der Waals surface area contributed by atoms with Gasteiger partial charge in [-0.3, -0.25) is 4.79 Å². The first-order valence-electron chi connectivity index (χ1n) is 7.72. The van der Waals surface area contributed by atoms with Gasteiger partial charge in [-0.2, -0.15) is 0 Å². The highest BCUT2D eigenvalue weighted by molar-refractivity contribution is 5.86. The van der Waals surface area contributed by atoms with Gasteiger partial charge in [0.1, 0.15) is 5.78 Å². The molecule has 2 aliphatic heterocycles. The Balaban J connectivity index is 1.90. The van der Waals surface area contributed by atoms with Crippen molar-refractivity contribution >= 4 is 5.78 Å². The van der Waals surface area contributed by atoms with Crippen molar-refractivity contribution in [2.24, 2.45) is 23.2 Å². The third-order valence-corrected chi connectivity index (χ3v) is 6.04. The highest BCUT2D eigenvalue weighted by atomic mass is 16.1. The molecule has 4 rings (SSSR count). The van der Waals surface area contributed by atoms with Crippen LogP contribution in [-0.2, 0) is 4.79 Å². The maximum absolute atomic E-state index is 12.5. The minimum atomic E-state index is 0.276. The molecule has 18 heavy (non-hydrogen) atoms. The van der Waals surface area contributed by atoms with Crippen LogP contribution in [0.4, 0.5) is 0 Å². The molecule has 0 radical (unpaired) electrons. The van der Waals surface area contributed by atoms with E-state index >= 15 is 0 Å². The summed E-state index contributed by atoms with van der Waals surface area (Å²) < 4.78 is 0. The van der Waals surface area contributed by atoms with Crippen molar-refractivity contribution < 1.29 is 4.79 Å². The second kappa shape index (κ2) is 3.61. The van der Waals surface area contributed by atoms with E-state index in [0.717, 1.165) is 12.8 Å². The molecule has 2 aliphatic carbocycles. The van der Waals surface area contributed by atoms with Crippen LogP contribution in [0.15, 0.2) is 11.8 Å². The minimum absolute atomic E-state index is 0.276. The van der Waals surface area contributed by atoms with E-state index in [2.05, 4.69) is 17.9 Å². The lowest BCUT2D eigenvalue weighted by Gasteiger charge is -2.51. The first-order chi connectivity index (χ1) is 8.72. The molecule has 4 unspecified atom stereocenters. The predicted octanol–water partition coefficient (Wildman–Crippen LogP) is 2.99. The Kier molecular flexibility index (Phi) is 2.22. The van der Waals surface area contributed by atoms with Crippen LogP contribution in [0.25, 0.3) is 0 Å². The second-order valence-electron chi connectivity index (χ2n) is 6.96. The lowest BCUT2D eigenvalue weighted by atomic mass is 9.59. The van der Waals surface area contributed by atoms with Crippen molar-refractivity contribution in [3.8, 4) is 0 Å². The fraction of sp³-hybridized carbons (Fsp3) is 0.812. The van der Waals surface area contributed by atoms with Crippen LogP contribution in [0.1, 0.15) is 45.4 Å². The SMILES string of the molecule is CC1C=C2N3CCCC4C(=O)CC(C1)C24CCC3. The van der Waals surface area contributed by atoms with Crippen molar-refractivity contribution in [2.45, 2.75) is 45.4 Å². The number of nitrogens with zero attached hydrogens (tertiary/aromatic N) is 1. The normalized spacial score (nSPS) is 46.5.